The van der Waals surface area contributed by atoms with Crippen LogP contribution in [-0.2, 0) is 14.2 Å². The Morgan fingerprint density at radius 3 is 2.03 bits per heavy atom. The van der Waals surface area contributed by atoms with Gasteiger partial charge < -0.3 is 19.3 Å². The van der Waals surface area contributed by atoms with Crippen LogP contribution in [0.1, 0.15) is 91.9 Å². The molecule has 0 amide bonds. The van der Waals surface area contributed by atoms with Crippen molar-refractivity contribution in [1.29, 1.82) is 0 Å². The van der Waals surface area contributed by atoms with E-state index in [0.717, 1.165) is 51.7 Å². The monoisotopic (exact) mass is 408 g/mol. The van der Waals surface area contributed by atoms with E-state index < -0.39 is 5.60 Å². The van der Waals surface area contributed by atoms with Gasteiger partial charge in [-0.3, -0.25) is 0 Å². The van der Waals surface area contributed by atoms with Gasteiger partial charge in [0.25, 0.3) is 0 Å². The Morgan fingerprint density at radius 1 is 1.00 bits per heavy atom. The maximum atomic E-state index is 9.73. The van der Waals surface area contributed by atoms with Crippen LogP contribution < -0.4 is 0 Å². The lowest BCUT2D eigenvalue weighted by molar-refractivity contribution is -0.264. The predicted octanol–water partition coefficient (Wildman–Crippen LogP) is 6.45. The first-order chi connectivity index (χ1) is 13.8. The summed E-state index contributed by atoms with van der Waals surface area (Å²) in [5, 5.41) is 9.73. The van der Waals surface area contributed by atoms with E-state index in [1.807, 2.05) is 0 Å². The molecular weight excluding hydrogens is 364 g/mol. The molecule has 2 heterocycles. The summed E-state index contributed by atoms with van der Waals surface area (Å²) in [6, 6.07) is 0. The highest BCUT2D eigenvalue weighted by atomic mass is 16.8. The Labute approximate surface area is 179 Å². The van der Waals surface area contributed by atoms with Gasteiger partial charge in [-0.05, 0) is 91.9 Å². The fourth-order valence-electron chi connectivity index (χ4n) is 3.21. The first-order valence-corrected chi connectivity index (χ1v) is 11.4. The molecule has 0 aromatic rings. The van der Waals surface area contributed by atoms with Crippen molar-refractivity contribution in [2.45, 2.75) is 110 Å². The summed E-state index contributed by atoms with van der Waals surface area (Å²) in [6.45, 7) is 13.5. The van der Waals surface area contributed by atoms with Crippen LogP contribution in [0.2, 0.25) is 0 Å². The summed E-state index contributed by atoms with van der Waals surface area (Å²) in [6.07, 6.45) is 16.8. The van der Waals surface area contributed by atoms with E-state index in [0.29, 0.717) is 0 Å². The lowest BCUT2D eigenvalue weighted by Crippen LogP contribution is -2.31. The Bertz CT molecular complexity index is 475. The van der Waals surface area contributed by atoms with Crippen LogP contribution in [0.3, 0.4) is 0 Å². The molecule has 0 spiro atoms. The van der Waals surface area contributed by atoms with E-state index in [-0.39, 0.29) is 12.6 Å². The van der Waals surface area contributed by atoms with E-state index in [9.17, 15) is 5.11 Å². The lowest BCUT2D eigenvalue weighted by Gasteiger charge is -2.29. The Balaban J connectivity index is 0.000000294. The largest absolute Gasteiger partial charge is 0.386 e. The molecule has 0 aliphatic carbocycles. The van der Waals surface area contributed by atoms with Gasteiger partial charge in [-0.25, -0.2) is 0 Å². The molecule has 0 saturated carbocycles. The van der Waals surface area contributed by atoms with Crippen molar-refractivity contribution in [2.24, 2.45) is 0 Å². The maximum Gasteiger partial charge on any atom is 0.160 e. The predicted molar refractivity (Wildman–Crippen MR) is 121 cm³/mol. The van der Waals surface area contributed by atoms with E-state index in [4.69, 9.17) is 14.2 Å². The van der Waals surface area contributed by atoms with Crippen molar-refractivity contribution < 1.29 is 19.3 Å². The van der Waals surface area contributed by atoms with Gasteiger partial charge in [0.2, 0.25) is 0 Å². The van der Waals surface area contributed by atoms with E-state index in [2.05, 4.69) is 39.5 Å². The van der Waals surface area contributed by atoms with Crippen molar-refractivity contribution in [3.8, 4) is 0 Å². The second-order valence-electron chi connectivity index (χ2n) is 8.70. The molecule has 3 atom stereocenters. The minimum absolute atomic E-state index is 0.00292. The van der Waals surface area contributed by atoms with Crippen LogP contribution in [0.5, 0.6) is 0 Å². The molecule has 168 valence electrons. The third kappa shape index (κ3) is 13.8. The molecule has 2 saturated heterocycles. The highest BCUT2D eigenvalue weighted by Crippen LogP contribution is 2.20. The molecule has 4 nitrogen and oxygen atoms in total. The summed E-state index contributed by atoms with van der Waals surface area (Å²) in [5.74, 6) is 0. The quantitative estimate of drug-likeness (QED) is 0.445. The van der Waals surface area contributed by atoms with Crippen molar-refractivity contribution in [3.05, 3.63) is 36.0 Å². The van der Waals surface area contributed by atoms with Crippen molar-refractivity contribution in [1.82, 2.24) is 0 Å². The van der Waals surface area contributed by atoms with Gasteiger partial charge >= 0.3 is 0 Å². The zero-order valence-corrected chi connectivity index (χ0v) is 19.3. The molecule has 29 heavy (non-hydrogen) atoms. The van der Waals surface area contributed by atoms with Gasteiger partial charge in [-0.2, -0.15) is 0 Å². The highest BCUT2D eigenvalue weighted by molar-refractivity contribution is 5.03. The summed E-state index contributed by atoms with van der Waals surface area (Å²) in [7, 11) is 0. The summed E-state index contributed by atoms with van der Waals surface area (Å²) >= 11 is 0. The summed E-state index contributed by atoms with van der Waals surface area (Å²) < 4.78 is 16.6. The third-order valence-electron chi connectivity index (χ3n) is 5.25. The minimum Gasteiger partial charge on any atom is -0.386 e. The number of hydrogen-bond donors (Lipinski definition) is 1. The molecule has 2 rings (SSSR count). The van der Waals surface area contributed by atoms with Gasteiger partial charge in [-0.1, -0.05) is 29.4 Å². The Kier molecular flexibility index (Phi) is 13.5. The first-order valence-electron chi connectivity index (χ1n) is 11.4. The van der Waals surface area contributed by atoms with Gasteiger partial charge in [0.15, 0.2) is 12.6 Å². The molecule has 0 aromatic carbocycles. The van der Waals surface area contributed by atoms with Crippen LogP contribution in [0, 0.1) is 0 Å². The normalized spacial score (nSPS) is 24.7. The maximum absolute atomic E-state index is 9.73. The third-order valence-corrected chi connectivity index (χ3v) is 5.25. The molecule has 2 fully saturated rings. The topological polar surface area (TPSA) is 47.9 Å². The second-order valence-corrected chi connectivity index (χ2v) is 8.70. The van der Waals surface area contributed by atoms with Gasteiger partial charge in [0, 0.05) is 13.2 Å². The zero-order chi connectivity index (χ0) is 21.5. The SMILES string of the molecule is C1CCC(OC2CCCCO2)OC1.C=CC(C)(O)CCC=C(C)CCC=C(C)C. The van der Waals surface area contributed by atoms with Crippen molar-refractivity contribution in [2.75, 3.05) is 13.2 Å². The smallest absolute Gasteiger partial charge is 0.160 e. The molecule has 2 aliphatic rings. The van der Waals surface area contributed by atoms with Crippen LogP contribution in [0.4, 0.5) is 0 Å². The number of ether oxygens (including phenoxy) is 3. The van der Waals surface area contributed by atoms with Gasteiger partial charge in [-0.15, -0.1) is 6.58 Å². The average Bonchev–Trinajstić information content (AvgIpc) is 2.70. The molecule has 1 N–H and O–H groups in total. The number of hydrogen-bond acceptors (Lipinski definition) is 4. The summed E-state index contributed by atoms with van der Waals surface area (Å²) in [4.78, 5) is 0. The van der Waals surface area contributed by atoms with Crippen LogP contribution >= 0.6 is 0 Å². The number of allylic oxidation sites excluding steroid dienone is 4. The van der Waals surface area contributed by atoms with Gasteiger partial charge in [0.05, 0.1) is 5.60 Å². The Hall–Kier alpha value is -0.940. The summed E-state index contributed by atoms with van der Waals surface area (Å²) in [5.41, 5.74) is 2.05. The molecular formula is C25H44O4. The first kappa shape index (κ1) is 26.1. The van der Waals surface area contributed by atoms with Crippen molar-refractivity contribution in [3.63, 3.8) is 0 Å². The second kappa shape index (κ2) is 15.0. The van der Waals surface area contributed by atoms with Gasteiger partial charge in [0.1, 0.15) is 0 Å². The Morgan fingerprint density at radius 2 is 1.59 bits per heavy atom. The zero-order valence-electron chi connectivity index (χ0n) is 19.3. The van der Waals surface area contributed by atoms with E-state index in [1.54, 1.807) is 13.0 Å². The fraction of sp³-hybridized carbons (Fsp3) is 0.760. The van der Waals surface area contributed by atoms with Crippen LogP contribution in [0.15, 0.2) is 36.0 Å². The fourth-order valence-corrected chi connectivity index (χ4v) is 3.21. The number of rotatable bonds is 9. The molecule has 3 unspecified atom stereocenters. The molecule has 0 bridgehead atoms. The van der Waals surface area contributed by atoms with Crippen LogP contribution in [-0.4, -0.2) is 36.5 Å². The standard InChI is InChI=1S/C15H26O.C10H18O3/c1-6-15(5,16)12-8-11-14(4)10-7-9-13(2)3;1-3-7-11-9(5-1)13-10-6-2-4-8-12-10/h6,9,11,16H,1,7-8,10,12H2,2-5H3;9-10H,1-8H2. The molecule has 0 radical (unpaired) electrons. The lowest BCUT2D eigenvalue weighted by atomic mass is 9.99. The highest BCUT2D eigenvalue weighted by Gasteiger charge is 2.21. The average molecular weight is 409 g/mol. The molecule has 0 aromatic heterocycles. The van der Waals surface area contributed by atoms with Crippen LogP contribution in [0.25, 0.3) is 0 Å². The van der Waals surface area contributed by atoms with Crippen molar-refractivity contribution >= 4 is 0 Å². The minimum atomic E-state index is -0.726. The molecule has 2 aliphatic heterocycles. The van der Waals surface area contributed by atoms with E-state index >= 15 is 0 Å². The molecule has 4 heteroatoms. The number of aliphatic hydroxyl groups is 1. The van der Waals surface area contributed by atoms with E-state index in [1.165, 1.54) is 36.8 Å².